The van der Waals surface area contributed by atoms with Crippen LogP contribution in [-0.2, 0) is 0 Å². The average Bonchev–Trinajstić information content (AvgIpc) is 3.16. The second kappa shape index (κ2) is 5.22. The standard InChI is InChI=1S/C14H12N2O2S2/c1-16(2)14(17)10-5-12(19-7-10)11-8-20-13(15-11)9-3-4-18-6-9/h3-8H,1-2H3. The normalized spacial score (nSPS) is 10.7. The number of hydrogen-bond donors (Lipinski definition) is 0. The van der Waals surface area contributed by atoms with Crippen LogP contribution in [0.15, 0.2) is 39.8 Å². The molecule has 3 aromatic rings. The molecular weight excluding hydrogens is 292 g/mol. The van der Waals surface area contributed by atoms with Crippen LogP contribution in [0.1, 0.15) is 10.4 Å². The minimum absolute atomic E-state index is 0.0118. The fourth-order valence-electron chi connectivity index (χ4n) is 1.75. The summed E-state index contributed by atoms with van der Waals surface area (Å²) in [6.45, 7) is 0. The number of hydrogen-bond acceptors (Lipinski definition) is 5. The van der Waals surface area contributed by atoms with Gasteiger partial charge in [-0.15, -0.1) is 22.7 Å². The zero-order valence-electron chi connectivity index (χ0n) is 11.0. The van der Waals surface area contributed by atoms with Crippen molar-refractivity contribution in [1.82, 2.24) is 9.88 Å². The summed E-state index contributed by atoms with van der Waals surface area (Å²) in [5.74, 6) is 0.0118. The molecule has 0 aliphatic carbocycles. The van der Waals surface area contributed by atoms with E-state index in [0.29, 0.717) is 5.56 Å². The Morgan fingerprint density at radius 3 is 2.85 bits per heavy atom. The summed E-state index contributed by atoms with van der Waals surface area (Å²) in [6, 6.07) is 3.78. The van der Waals surface area contributed by atoms with Crippen LogP contribution < -0.4 is 0 Å². The highest BCUT2D eigenvalue weighted by atomic mass is 32.1. The summed E-state index contributed by atoms with van der Waals surface area (Å²) in [5, 5.41) is 4.79. The van der Waals surface area contributed by atoms with Crippen molar-refractivity contribution < 1.29 is 9.21 Å². The number of furan rings is 1. The van der Waals surface area contributed by atoms with Gasteiger partial charge in [0.1, 0.15) is 11.3 Å². The van der Waals surface area contributed by atoms with Crippen molar-refractivity contribution >= 4 is 28.6 Å². The van der Waals surface area contributed by atoms with E-state index in [1.54, 1.807) is 42.9 Å². The minimum atomic E-state index is 0.0118. The number of nitrogens with zero attached hydrogens (tertiary/aromatic N) is 2. The van der Waals surface area contributed by atoms with Gasteiger partial charge in [0.15, 0.2) is 0 Å². The van der Waals surface area contributed by atoms with Gasteiger partial charge in [0, 0.05) is 30.4 Å². The second-order valence-corrected chi connectivity index (χ2v) is 6.22. The first-order chi connectivity index (χ1) is 9.65. The van der Waals surface area contributed by atoms with Crippen molar-refractivity contribution in [3.63, 3.8) is 0 Å². The van der Waals surface area contributed by atoms with Crippen LogP contribution in [0.25, 0.3) is 21.1 Å². The first kappa shape index (κ1) is 13.1. The molecule has 0 unspecified atom stereocenters. The van der Waals surface area contributed by atoms with E-state index >= 15 is 0 Å². The predicted molar refractivity (Wildman–Crippen MR) is 81.1 cm³/mol. The Kier molecular flexibility index (Phi) is 3.42. The van der Waals surface area contributed by atoms with E-state index in [1.807, 2.05) is 22.9 Å². The molecule has 0 radical (unpaired) electrons. The lowest BCUT2D eigenvalue weighted by molar-refractivity contribution is 0.0828. The molecule has 20 heavy (non-hydrogen) atoms. The third-order valence-electron chi connectivity index (χ3n) is 2.78. The summed E-state index contributed by atoms with van der Waals surface area (Å²) < 4.78 is 5.06. The van der Waals surface area contributed by atoms with E-state index in [2.05, 4.69) is 4.98 Å². The maximum atomic E-state index is 11.9. The molecule has 0 fully saturated rings. The Labute approximate surface area is 124 Å². The highest BCUT2D eigenvalue weighted by Crippen LogP contribution is 2.32. The van der Waals surface area contributed by atoms with Crippen molar-refractivity contribution in [3.05, 3.63) is 41.0 Å². The van der Waals surface area contributed by atoms with Gasteiger partial charge in [-0.1, -0.05) is 0 Å². The van der Waals surface area contributed by atoms with E-state index in [9.17, 15) is 4.79 Å². The van der Waals surface area contributed by atoms with E-state index in [0.717, 1.165) is 21.1 Å². The largest absolute Gasteiger partial charge is 0.472 e. The van der Waals surface area contributed by atoms with Crippen LogP contribution in [0, 0.1) is 0 Å². The summed E-state index contributed by atoms with van der Waals surface area (Å²) in [5.41, 5.74) is 2.57. The maximum absolute atomic E-state index is 11.9. The molecule has 3 rings (SSSR count). The smallest absolute Gasteiger partial charge is 0.254 e. The molecule has 0 aliphatic heterocycles. The van der Waals surface area contributed by atoms with Crippen molar-refractivity contribution in [2.24, 2.45) is 0 Å². The van der Waals surface area contributed by atoms with Crippen molar-refractivity contribution in [3.8, 4) is 21.1 Å². The van der Waals surface area contributed by atoms with Crippen molar-refractivity contribution in [1.29, 1.82) is 0 Å². The van der Waals surface area contributed by atoms with Gasteiger partial charge >= 0.3 is 0 Å². The number of rotatable bonds is 3. The Hall–Kier alpha value is -1.92. The number of carbonyl (C=O) groups is 1. The highest BCUT2D eigenvalue weighted by molar-refractivity contribution is 7.15. The second-order valence-electron chi connectivity index (χ2n) is 4.45. The Balaban J connectivity index is 1.89. The Bertz CT molecular complexity index is 726. The van der Waals surface area contributed by atoms with Gasteiger partial charge in [0.05, 0.1) is 22.4 Å². The van der Waals surface area contributed by atoms with Crippen LogP contribution in [0.3, 0.4) is 0 Å². The third kappa shape index (κ3) is 2.39. The van der Waals surface area contributed by atoms with Gasteiger partial charge in [-0.25, -0.2) is 4.98 Å². The van der Waals surface area contributed by atoms with Crippen LogP contribution in [0.5, 0.6) is 0 Å². The molecule has 0 atom stereocenters. The molecule has 0 bridgehead atoms. The molecule has 3 heterocycles. The zero-order chi connectivity index (χ0) is 14.1. The lowest BCUT2D eigenvalue weighted by Gasteiger charge is -2.07. The van der Waals surface area contributed by atoms with Gasteiger partial charge in [-0.05, 0) is 12.1 Å². The SMILES string of the molecule is CN(C)C(=O)c1csc(-c2csc(-c3ccoc3)n2)c1. The minimum Gasteiger partial charge on any atom is -0.472 e. The van der Waals surface area contributed by atoms with Gasteiger partial charge in [-0.2, -0.15) is 0 Å². The number of amides is 1. The van der Waals surface area contributed by atoms with E-state index < -0.39 is 0 Å². The average molecular weight is 304 g/mol. The molecule has 0 N–H and O–H groups in total. The molecule has 0 spiro atoms. The molecular formula is C14H12N2O2S2. The first-order valence-electron chi connectivity index (χ1n) is 5.94. The molecule has 6 heteroatoms. The molecule has 102 valence electrons. The van der Waals surface area contributed by atoms with Gasteiger partial charge in [-0.3, -0.25) is 4.79 Å². The lowest BCUT2D eigenvalue weighted by Crippen LogP contribution is -2.20. The predicted octanol–water partition coefficient (Wildman–Crippen LogP) is 3.83. The van der Waals surface area contributed by atoms with Crippen molar-refractivity contribution in [2.75, 3.05) is 14.1 Å². The van der Waals surface area contributed by atoms with Gasteiger partial charge in [0.2, 0.25) is 0 Å². The number of thiophene rings is 1. The fourth-order valence-corrected chi connectivity index (χ4v) is 3.47. The summed E-state index contributed by atoms with van der Waals surface area (Å²) >= 11 is 3.10. The van der Waals surface area contributed by atoms with E-state index in [1.165, 1.54) is 11.3 Å². The van der Waals surface area contributed by atoms with Crippen LogP contribution in [-0.4, -0.2) is 29.9 Å². The Morgan fingerprint density at radius 1 is 1.30 bits per heavy atom. The molecule has 3 aromatic heterocycles. The molecule has 1 amide bonds. The molecule has 0 aromatic carbocycles. The summed E-state index contributed by atoms with van der Waals surface area (Å²) in [6.07, 6.45) is 3.31. The lowest BCUT2D eigenvalue weighted by atomic mass is 10.2. The number of thiazole rings is 1. The molecule has 4 nitrogen and oxygen atoms in total. The fraction of sp³-hybridized carbons (Fsp3) is 0.143. The molecule has 0 saturated heterocycles. The Morgan fingerprint density at radius 2 is 2.15 bits per heavy atom. The van der Waals surface area contributed by atoms with E-state index in [-0.39, 0.29) is 5.91 Å². The van der Waals surface area contributed by atoms with Crippen LogP contribution >= 0.6 is 22.7 Å². The molecule has 0 saturated carbocycles. The van der Waals surface area contributed by atoms with Gasteiger partial charge in [0.25, 0.3) is 5.91 Å². The monoisotopic (exact) mass is 304 g/mol. The number of aromatic nitrogens is 1. The first-order valence-corrected chi connectivity index (χ1v) is 7.70. The van der Waals surface area contributed by atoms with Crippen molar-refractivity contribution in [2.45, 2.75) is 0 Å². The number of carbonyl (C=O) groups excluding carboxylic acids is 1. The maximum Gasteiger partial charge on any atom is 0.254 e. The van der Waals surface area contributed by atoms with Crippen LogP contribution in [0.2, 0.25) is 0 Å². The summed E-state index contributed by atoms with van der Waals surface area (Å²) in [7, 11) is 3.50. The quantitative estimate of drug-likeness (QED) is 0.738. The highest BCUT2D eigenvalue weighted by Gasteiger charge is 2.14. The van der Waals surface area contributed by atoms with Crippen LogP contribution in [0.4, 0.5) is 0 Å². The molecule has 0 aliphatic rings. The van der Waals surface area contributed by atoms with E-state index in [4.69, 9.17) is 4.42 Å². The topological polar surface area (TPSA) is 46.3 Å². The third-order valence-corrected chi connectivity index (χ3v) is 4.62. The summed E-state index contributed by atoms with van der Waals surface area (Å²) in [4.78, 5) is 19.0. The zero-order valence-corrected chi connectivity index (χ0v) is 12.6. The van der Waals surface area contributed by atoms with Gasteiger partial charge < -0.3 is 9.32 Å².